The molecule has 9 nitrogen and oxygen atoms in total. The van der Waals surface area contributed by atoms with Crippen LogP contribution in [0, 0.1) is 10.1 Å². The second-order valence-electron chi connectivity index (χ2n) is 5.09. The van der Waals surface area contributed by atoms with Gasteiger partial charge in [-0.1, -0.05) is 6.07 Å². The van der Waals surface area contributed by atoms with Crippen LogP contribution in [0.1, 0.15) is 0 Å². The van der Waals surface area contributed by atoms with Crippen molar-refractivity contribution in [1.29, 1.82) is 0 Å². The molecule has 0 spiro atoms. The minimum Gasteiger partial charge on any atom is -0.491 e. The van der Waals surface area contributed by atoms with Gasteiger partial charge in [-0.2, -0.15) is 10.2 Å². The second kappa shape index (κ2) is 6.92. The Morgan fingerprint density at radius 1 is 1.33 bits per heavy atom. The van der Waals surface area contributed by atoms with Crippen molar-refractivity contribution < 1.29 is 14.8 Å². The molecule has 0 saturated heterocycles. The fourth-order valence-electron chi connectivity index (χ4n) is 2.15. The second-order valence-corrected chi connectivity index (χ2v) is 5.09. The summed E-state index contributed by atoms with van der Waals surface area (Å²) in [6.45, 7) is 0.142. The first kappa shape index (κ1) is 15.7. The first-order valence-electron chi connectivity index (χ1n) is 7.19. The molecule has 1 atom stereocenters. The lowest BCUT2D eigenvalue weighted by Crippen LogP contribution is -2.23. The normalized spacial score (nSPS) is 12.0. The van der Waals surface area contributed by atoms with Gasteiger partial charge in [0.1, 0.15) is 30.9 Å². The highest BCUT2D eigenvalue weighted by Gasteiger charge is 2.12. The van der Waals surface area contributed by atoms with Crippen molar-refractivity contribution in [2.45, 2.75) is 12.6 Å². The van der Waals surface area contributed by atoms with Crippen molar-refractivity contribution in [3.8, 4) is 11.4 Å². The highest BCUT2D eigenvalue weighted by molar-refractivity contribution is 5.38. The molecule has 0 bridgehead atoms. The van der Waals surface area contributed by atoms with Gasteiger partial charge in [0.15, 0.2) is 0 Å². The van der Waals surface area contributed by atoms with Crippen LogP contribution in [-0.4, -0.2) is 42.3 Å². The predicted molar refractivity (Wildman–Crippen MR) is 83.9 cm³/mol. The van der Waals surface area contributed by atoms with Crippen LogP contribution in [0.5, 0.6) is 5.75 Å². The Morgan fingerprint density at radius 3 is 2.92 bits per heavy atom. The summed E-state index contributed by atoms with van der Waals surface area (Å²) in [5.74, 6) is 0.591. The Balaban J connectivity index is 1.57. The minimum absolute atomic E-state index is 0.0379. The summed E-state index contributed by atoms with van der Waals surface area (Å²) in [6.07, 6.45) is 5.06. The van der Waals surface area contributed by atoms with E-state index in [0.717, 1.165) is 11.9 Å². The zero-order valence-corrected chi connectivity index (χ0v) is 12.6. The first-order valence-corrected chi connectivity index (χ1v) is 7.19. The van der Waals surface area contributed by atoms with Gasteiger partial charge in [-0.15, -0.1) is 0 Å². The van der Waals surface area contributed by atoms with Crippen molar-refractivity contribution in [2.24, 2.45) is 0 Å². The minimum atomic E-state index is -0.849. The summed E-state index contributed by atoms with van der Waals surface area (Å²) in [6, 6.07) is 9.12. The molecule has 2 heterocycles. The fourth-order valence-corrected chi connectivity index (χ4v) is 2.15. The van der Waals surface area contributed by atoms with E-state index in [1.807, 2.05) is 24.4 Å². The third-order valence-electron chi connectivity index (χ3n) is 3.26. The number of benzene rings is 1. The maximum atomic E-state index is 10.6. The zero-order chi connectivity index (χ0) is 16.9. The number of nitrogens with zero attached hydrogens (tertiary/aromatic N) is 5. The van der Waals surface area contributed by atoms with Crippen LogP contribution in [0.3, 0.4) is 0 Å². The maximum Gasteiger partial charge on any atom is 0.306 e. The summed E-state index contributed by atoms with van der Waals surface area (Å²) >= 11 is 0. The molecule has 0 saturated carbocycles. The highest BCUT2D eigenvalue weighted by Crippen LogP contribution is 2.16. The van der Waals surface area contributed by atoms with Gasteiger partial charge in [0.05, 0.1) is 17.2 Å². The van der Waals surface area contributed by atoms with E-state index in [2.05, 4.69) is 10.2 Å². The van der Waals surface area contributed by atoms with E-state index in [0.29, 0.717) is 5.75 Å². The van der Waals surface area contributed by atoms with Gasteiger partial charge in [-0.05, 0) is 18.2 Å². The van der Waals surface area contributed by atoms with Crippen molar-refractivity contribution in [1.82, 2.24) is 19.6 Å². The van der Waals surface area contributed by atoms with Gasteiger partial charge in [0.25, 0.3) is 0 Å². The third-order valence-corrected chi connectivity index (χ3v) is 3.26. The topological polar surface area (TPSA) is 108 Å². The number of aromatic nitrogens is 4. The molecule has 9 heteroatoms. The SMILES string of the molecule is O=[N+]([O-])c1cnn(CC(O)COc2cccc(-n3cccn3)c2)c1. The van der Waals surface area contributed by atoms with Crippen LogP contribution in [0.4, 0.5) is 5.69 Å². The van der Waals surface area contributed by atoms with Gasteiger partial charge in [-0.3, -0.25) is 14.8 Å². The van der Waals surface area contributed by atoms with Crippen LogP contribution in [0.2, 0.25) is 0 Å². The van der Waals surface area contributed by atoms with E-state index in [4.69, 9.17) is 4.74 Å². The highest BCUT2D eigenvalue weighted by atomic mass is 16.6. The summed E-state index contributed by atoms with van der Waals surface area (Å²) in [5.41, 5.74) is 0.727. The Bertz CT molecular complexity index is 815. The van der Waals surface area contributed by atoms with E-state index in [1.54, 1.807) is 23.0 Å². The summed E-state index contributed by atoms with van der Waals surface area (Å²) < 4.78 is 8.58. The van der Waals surface area contributed by atoms with Gasteiger partial charge in [0, 0.05) is 18.5 Å². The zero-order valence-electron chi connectivity index (χ0n) is 12.6. The maximum absolute atomic E-state index is 10.6. The molecule has 0 fully saturated rings. The molecular weight excluding hydrogens is 314 g/mol. The van der Waals surface area contributed by atoms with Crippen molar-refractivity contribution in [2.75, 3.05) is 6.61 Å². The molecule has 3 rings (SSSR count). The molecular formula is C15H15N5O4. The summed E-state index contributed by atoms with van der Waals surface area (Å²) in [7, 11) is 0. The standard InChI is InChI=1S/C15H15N5O4/c21-14(10-18-9-13(8-17-18)20(22)23)11-24-15-4-1-3-12(7-15)19-6-2-5-16-19/h1-9,14,21H,10-11H2. The van der Waals surface area contributed by atoms with Gasteiger partial charge in [0.2, 0.25) is 0 Å². The van der Waals surface area contributed by atoms with Crippen LogP contribution in [-0.2, 0) is 6.54 Å². The number of nitro groups is 1. The Morgan fingerprint density at radius 2 is 2.21 bits per heavy atom. The van der Waals surface area contributed by atoms with Crippen LogP contribution in [0.25, 0.3) is 5.69 Å². The summed E-state index contributed by atoms with van der Waals surface area (Å²) in [5, 5.41) is 28.6. The molecule has 0 radical (unpaired) electrons. The number of aliphatic hydroxyl groups is 1. The number of aliphatic hydroxyl groups excluding tert-OH is 1. The fraction of sp³-hybridized carbons (Fsp3) is 0.200. The van der Waals surface area contributed by atoms with E-state index < -0.39 is 11.0 Å². The van der Waals surface area contributed by atoms with E-state index in [9.17, 15) is 15.2 Å². The van der Waals surface area contributed by atoms with Gasteiger partial charge in [-0.25, -0.2) is 4.68 Å². The quantitative estimate of drug-likeness (QED) is 0.519. The van der Waals surface area contributed by atoms with Gasteiger partial charge < -0.3 is 9.84 Å². The van der Waals surface area contributed by atoms with Crippen molar-refractivity contribution >= 4 is 5.69 Å². The van der Waals surface area contributed by atoms with Crippen molar-refractivity contribution in [3.05, 3.63) is 65.2 Å². The molecule has 1 N–H and O–H groups in total. The van der Waals surface area contributed by atoms with Crippen molar-refractivity contribution in [3.63, 3.8) is 0 Å². The van der Waals surface area contributed by atoms with Crippen LogP contribution in [0.15, 0.2) is 55.1 Å². The molecule has 24 heavy (non-hydrogen) atoms. The lowest BCUT2D eigenvalue weighted by molar-refractivity contribution is -0.385. The molecule has 1 unspecified atom stereocenters. The van der Waals surface area contributed by atoms with E-state index >= 15 is 0 Å². The van der Waals surface area contributed by atoms with Crippen LogP contribution < -0.4 is 4.74 Å². The molecule has 0 aliphatic carbocycles. The number of ether oxygens (including phenoxy) is 1. The van der Waals surface area contributed by atoms with Crippen LogP contribution >= 0.6 is 0 Å². The predicted octanol–water partition coefficient (Wildman–Crippen LogP) is 1.42. The Kier molecular flexibility index (Phi) is 4.52. The lowest BCUT2D eigenvalue weighted by Gasteiger charge is -2.13. The Hall–Kier alpha value is -3.20. The molecule has 0 aliphatic heterocycles. The monoisotopic (exact) mass is 329 g/mol. The lowest BCUT2D eigenvalue weighted by atomic mass is 10.3. The molecule has 3 aromatic rings. The average Bonchev–Trinajstić information content (AvgIpc) is 3.25. The Labute approximate surface area is 136 Å². The molecule has 0 amide bonds. The number of rotatable bonds is 7. The molecule has 1 aromatic carbocycles. The summed E-state index contributed by atoms with van der Waals surface area (Å²) in [4.78, 5) is 10.1. The van der Waals surface area contributed by atoms with E-state index in [-0.39, 0.29) is 18.8 Å². The number of hydrogen-bond donors (Lipinski definition) is 1. The molecule has 0 aliphatic rings. The molecule has 2 aromatic heterocycles. The largest absolute Gasteiger partial charge is 0.491 e. The van der Waals surface area contributed by atoms with E-state index in [1.165, 1.54) is 10.9 Å². The smallest absolute Gasteiger partial charge is 0.306 e. The first-order chi connectivity index (χ1) is 11.6. The number of hydrogen-bond acceptors (Lipinski definition) is 6. The average molecular weight is 329 g/mol. The van der Waals surface area contributed by atoms with Gasteiger partial charge >= 0.3 is 5.69 Å². The third kappa shape index (κ3) is 3.76. The molecule has 124 valence electrons.